The largest absolute Gasteiger partial charge is 0.326 e. The number of rotatable bonds is 2. The van der Waals surface area contributed by atoms with Gasteiger partial charge in [-0.15, -0.1) is 0 Å². The van der Waals surface area contributed by atoms with Crippen LogP contribution in [-0.2, 0) is 6.54 Å². The van der Waals surface area contributed by atoms with Gasteiger partial charge >= 0.3 is 0 Å². The number of hydrogen-bond donors (Lipinski definition) is 1. The van der Waals surface area contributed by atoms with Crippen molar-refractivity contribution in [3.8, 4) is 5.69 Å². The Morgan fingerprint density at radius 2 is 2.11 bits per heavy atom. The topological polar surface area (TPSA) is 60.9 Å². The fraction of sp³-hybridized carbons (Fsp3) is 0.231. The summed E-state index contributed by atoms with van der Waals surface area (Å²) in [6.45, 7) is 3.75. The third-order valence-corrected chi connectivity index (χ3v) is 2.91. The fourth-order valence-corrected chi connectivity index (χ4v) is 1.90. The summed E-state index contributed by atoms with van der Waals surface area (Å²) in [5.41, 5.74) is 7.70. The van der Waals surface area contributed by atoms with Crippen molar-refractivity contribution < 1.29 is 4.39 Å². The Hall–Kier alpha value is -2.01. The summed E-state index contributed by atoms with van der Waals surface area (Å²) in [7, 11) is 0. The molecule has 0 unspecified atom stereocenters. The van der Waals surface area contributed by atoms with E-state index >= 15 is 0 Å². The third kappa shape index (κ3) is 2.04. The average molecular weight is 247 g/mol. The first kappa shape index (κ1) is 12.4. The van der Waals surface area contributed by atoms with Crippen molar-refractivity contribution in [1.29, 1.82) is 0 Å². The quantitative estimate of drug-likeness (QED) is 0.873. The van der Waals surface area contributed by atoms with Crippen LogP contribution in [0.15, 0.2) is 29.1 Å². The second kappa shape index (κ2) is 4.70. The number of nitrogens with two attached hydrogens (primary N) is 1. The van der Waals surface area contributed by atoms with E-state index in [0.29, 0.717) is 16.9 Å². The number of benzene rings is 1. The van der Waals surface area contributed by atoms with Crippen LogP contribution in [0.25, 0.3) is 5.69 Å². The molecular weight excluding hydrogens is 233 g/mol. The van der Waals surface area contributed by atoms with Crippen molar-refractivity contribution in [2.45, 2.75) is 20.4 Å². The van der Waals surface area contributed by atoms with Crippen LogP contribution in [0.1, 0.15) is 16.8 Å². The highest BCUT2D eigenvalue weighted by Gasteiger charge is 2.11. The molecule has 0 amide bonds. The predicted octanol–water partition coefficient (Wildman–Crippen LogP) is 1.45. The Morgan fingerprint density at radius 1 is 1.39 bits per heavy atom. The Morgan fingerprint density at radius 3 is 2.72 bits per heavy atom. The predicted molar refractivity (Wildman–Crippen MR) is 67.2 cm³/mol. The molecule has 5 heteroatoms. The summed E-state index contributed by atoms with van der Waals surface area (Å²) < 4.78 is 14.4. The molecule has 0 atom stereocenters. The van der Waals surface area contributed by atoms with E-state index in [2.05, 4.69) is 5.10 Å². The van der Waals surface area contributed by atoms with Gasteiger partial charge in [0.1, 0.15) is 5.82 Å². The first-order chi connectivity index (χ1) is 8.54. The molecule has 1 heterocycles. The molecule has 0 saturated heterocycles. The summed E-state index contributed by atoms with van der Waals surface area (Å²) in [5.74, 6) is -0.403. The van der Waals surface area contributed by atoms with Crippen molar-refractivity contribution >= 4 is 0 Å². The van der Waals surface area contributed by atoms with Crippen LogP contribution in [0.2, 0.25) is 0 Å². The van der Waals surface area contributed by atoms with Gasteiger partial charge in [0, 0.05) is 12.1 Å². The summed E-state index contributed by atoms with van der Waals surface area (Å²) in [6.07, 6.45) is 0. The molecule has 18 heavy (non-hydrogen) atoms. The number of nitrogens with zero attached hydrogens (tertiary/aromatic N) is 2. The summed E-state index contributed by atoms with van der Waals surface area (Å²) >= 11 is 0. The lowest BCUT2D eigenvalue weighted by atomic mass is 10.1. The SMILES string of the molecule is Cc1nn(-c2cccc(F)c2)c(=O)c(C)c1CN. The smallest absolute Gasteiger partial charge is 0.274 e. The molecule has 0 saturated carbocycles. The van der Waals surface area contributed by atoms with Gasteiger partial charge in [0.2, 0.25) is 0 Å². The molecular formula is C13H14FN3O. The Bertz CT molecular complexity index is 649. The van der Waals surface area contributed by atoms with Gasteiger partial charge in [0.05, 0.1) is 11.4 Å². The zero-order valence-corrected chi connectivity index (χ0v) is 10.3. The van der Waals surface area contributed by atoms with Crippen LogP contribution >= 0.6 is 0 Å². The molecule has 1 aromatic carbocycles. The monoisotopic (exact) mass is 247 g/mol. The lowest BCUT2D eigenvalue weighted by Gasteiger charge is -2.11. The van der Waals surface area contributed by atoms with Gasteiger partial charge in [-0.3, -0.25) is 4.79 Å². The molecule has 2 aromatic rings. The maximum atomic E-state index is 13.2. The van der Waals surface area contributed by atoms with E-state index in [1.165, 1.54) is 16.8 Å². The average Bonchev–Trinajstić information content (AvgIpc) is 2.34. The highest BCUT2D eigenvalue weighted by atomic mass is 19.1. The molecule has 2 rings (SSSR count). The van der Waals surface area contributed by atoms with Gasteiger partial charge < -0.3 is 5.73 Å². The lowest BCUT2D eigenvalue weighted by Crippen LogP contribution is -2.27. The zero-order valence-electron chi connectivity index (χ0n) is 10.3. The van der Waals surface area contributed by atoms with Gasteiger partial charge in [-0.2, -0.15) is 9.78 Å². The molecule has 0 aliphatic carbocycles. The first-order valence-corrected chi connectivity index (χ1v) is 5.60. The van der Waals surface area contributed by atoms with Crippen LogP contribution in [0, 0.1) is 19.7 Å². The Balaban J connectivity index is 2.70. The van der Waals surface area contributed by atoms with Crippen LogP contribution in [0.3, 0.4) is 0 Å². The van der Waals surface area contributed by atoms with Crippen LogP contribution < -0.4 is 11.3 Å². The van der Waals surface area contributed by atoms with E-state index in [4.69, 9.17) is 5.73 Å². The molecule has 94 valence electrons. The molecule has 0 aliphatic heterocycles. The van der Waals surface area contributed by atoms with E-state index in [-0.39, 0.29) is 12.1 Å². The minimum atomic E-state index is -0.403. The number of hydrogen-bond acceptors (Lipinski definition) is 3. The maximum absolute atomic E-state index is 13.2. The lowest BCUT2D eigenvalue weighted by molar-refractivity contribution is 0.623. The van der Waals surface area contributed by atoms with Gasteiger partial charge in [-0.1, -0.05) is 6.07 Å². The number of halogens is 1. The normalized spacial score (nSPS) is 10.7. The van der Waals surface area contributed by atoms with Gasteiger partial charge in [-0.05, 0) is 37.6 Å². The molecule has 2 N–H and O–H groups in total. The summed E-state index contributed by atoms with van der Waals surface area (Å²) in [6, 6.07) is 5.77. The van der Waals surface area contributed by atoms with E-state index in [1.54, 1.807) is 26.0 Å². The van der Waals surface area contributed by atoms with E-state index < -0.39 is 5.82 Å². The van der Waals surface area contributed by atoms with Crippen LogP contribution in [0.4, 0.5) is 4.39 Å². The van der Waals surface area contributed by atoms with Crippen LogP contribution in [-0.4, -0.2) is 9.78 Å². The molecule has 0 fully saturated rings. The van der Waals surface area contributed by atoms with E-state index in [9.17, 15) is 9.18 Å². The van der Waals surface area contributed by atoms with Crippen molar-refractivity contribution in [2.24, 2.45) is 5.73 Å². The van der Waals surface area contributed by atoms with Crippen molar-refractivity contribution in [1.82, 2.24) is 9.78 Å². The molecule has 4 nitrogen and oxygen atoms in total. The van der Waals surface area contributed by atoms with Crippen molar-refractivity contribution in [3.63, 3.8) is 0 Å². The summed E-state index contributed by atoms with van der Waals surface area (Å²) in [5, 5.41) is 4.17. The maximum Gasteiger partial charge on any atom is 0.274 e. The standard InChI is InChI=1S/C13H14FN3O/c1-8-12(7-15)9(2)16-17(13(8)18)11-5-3-4-10(14)6-11/h3-6H,7,15H2,1-2H3. The number of aromatic nitrogens is 2. The van der Waals surface area contributed by atoms with E-state index in [0.717, 1.165) is 5.56 Å². The molecule has 0 aliphatic rings. The summed E-state index contributed by atoms with van der Waals surface area (Å²) in [4.78, 5) is 12.1. The first-order valence-electron chi connectivity index (χ1n) is 5.60. The van der Waals surface area contributed by atoms with Crippen molar-refractivity contribution in [2.75, 3.05) is 0 Å². The fourth-order valence-electron chi connectivity index (χ4n) is 1.90. The second-order valence-electron chi connectivity index (χ2n) is 4.09. The highest BCUT2D eigenvalue weighted by Crippen LogP contribution is 2.10. The van der Waals surface area contributed by atoms with Crippen LogP contribution in [0.5, 0.6) is 0 Å². The van der Waals surface area contributed by atoms with Gasteiger partial charge in [-0.25, -0.2) is 4.39 Å². The second-order valence-corrected chi connectivity index (χ2v) is 4.09. The minimum absolute atomic E-state index is 0.268. The highest BCUT2D eigenvalue weighted by molar-refractivity contribution is 5.34. The third-order valence-electron chi connectivity index (χ3n) is 2.91. The zero-order chi connectivity index (χ0) is 13.3. The molecule has 1 aromatic heterocycles. The van der Waals surface area contributed by atoms with Gasteiger partial charge in [0.25, 0.3) is 5.56 Å². The molecule has 0 radical (unpaired) electrons. The van der Waals surface area contributed by atoms with E-state index in [1.807, 2.05) is 0 Å². The molecule has 0 bridgehead atoms. The number of aryl methyl sites for hydroxylation is 1. The molecule has 0 spiro atoms. The van der Waals surface area contributed by atoms with Crippen molar-refractivity contribution in [3.05, 3.63) is 57.3 Å². The Labute approximate surface area is 104 Å². The Kier molecular flexibility index (Phi) is 3.25. The van der Waals surface area contributed by atoms with Gasteiger partial charge in [0.15, 0.2) is 0 Å². The minimum Gasteiger partial charge on any atom is -0.326 e.